The summed E-state index contributed by atoms with van der Waals surface area (Å²) >= 11 is 0. The van der Waals surface area contributed by atoms with Crippen molar-refractivity contribution in [1.82, 2.24) is 42.1 Å². The highest BCUT2D eigenvalue weighted by molar-refractivity contribution is 5.99. The van der Waals surface area contributed by atoms with E-state index in [0.717, 1.165) is 0 Å². The van der Waals surface area contributed by atoms with E-state index in [1.54, 1.807) is 60.7 Å². The van der Waals surface area contributed by atoms with Crippen LogP contribution >= 0.6 is 0 Å². The van der Waals surface area contributed by atoms with Crippen molar-refractivity contribution in [2.75, 3.05) is 19.6 Å². The summed E-state index contributed by atoms with van der Waals surface area (Å²) in [6, 6.07) is 7.83. The minimum Gasteiger partial charge on any atom is -0.370 e. The van der Waals surface area contributed by atoms with Gasteiger partial charge >= 0.3 is 0 Å². The van der Waals surface area contributed by atoms with Crippen LogP contribution in [0.5, 0.6) is 0 Å². The fraction of sp³-hybridized carbons (Fsp3) is 0.520. The number of nitrogens with two attached hydrogens (primary N) is 6. The zero-order valence-corrected chi connectivity index (χ0v) is 43.0. The van der Waals surface area contributed by atoms with Crippen molar-refractivity contribution in [3.63, 3.8) is 0 Å². The first-order chi connectivity index (χ1) is 36.1. The second kappa shape index (κ2) is 30.1. The van der Waals surface area contributed by atoms with Crippen LogP contribution in [0.4, 0.5) is 0 Å². The number of carbonyl (C=O) groups excluding carboxylic acids is 10. The Morgan fingerprint density at radius 2 is 1.08 bits per heavy atom. The van der Waals surface area contributed by atoms with Gasteiger partial charge in [-0.2, -0.15) is 0 Å². The number of hydrogen-bond acceptors (Lipinski definition) is 12. The van der Waals surface area contributed by atoms with E-state index in [4.69, 9.17) is 34.4 Å². The molecular weight excluding hydrogens is 985 g/mol. The van der Waals surface area contributed by atoms with Crippen LogP contribution in [-0.2, 0) is 60.8 Å². The number of hydrogen-bond donors (Lipinski definition) is 13. The Morgan fingerprint density at radius 3 is 1.58 bits per heavy atom. The molecular formula is C50H74N16O10. The summed E-state index contributed by atoms with van der Waals surface area (Å²) < 4.78 is 0. The topological polar surface area (TPSA) is 439 Å². The van der Waals surface area contributed by atoms with Crippen LogP contribution in [0.2, 0.25) is 0 Å². The van der Waals surface area contributed by atoms with Gasteiger partial charge in [-0.1, -0.05) is 74.5 Å². The molecule has 8 atom stereocenters. The molecule has 2 fully saturated rings. The summed E-state index contributed by atoms with van der Waals surface area (Å²) in [5.74, 6) is -7.87. The van der Waals surface area contributed by atoms with Crippen molar-refractivity contribution >= 4 is 71.0 Å². The predicted octanol–water partition coefficient (Wildman–Crippen LogP) is -3.84. The number of nitrogens with one attached hydrogen (secondary N) is 7. The van der Waals surface area contributed by atoms with Gasteiger partial charge in [0, 0.05) is 38.9 Å². The van der Waals surface area contributed by atoms with Crippen LogP contribution in [0, 0.1) is 5.92 Å². The normalized spacial score (nSPS) is 17.2. The molecule has 2 heterocycles. The van der Waals surface area contributed by atoms with Crippen molar-refractivity contribution in [3.05, 3.63) is 71.8 Å². The van der Waals surface area contributed by atoms with Gasteiger partial charge in [0.05, 0.1) is 6.42 Å². The van der Waals surface area contributed by atoms with E-state index in [9.17, 15) is 47.9 Å². The number of rotatable bonds is 30. The van der Waals surface area contributed by atoms with Crippen LogP contribution < -0.4 is 71.6 Å². The highest BCUT2D eigenvalue weighted by atomic mass is 16.2. The monoisotopic (exact) mass is 1060 g/mol. The van der Waals surface area contributed by atoms with E-state index >= 15 is 0 Å². The quantitative estimate of drug-likeness (QED) is 0.0203. The molecule has 2 aliphatic heterocycles. The average Bonchev–Trinajstić information content (AvgIpc) is 4.05. The zero-order chi connectivity index (χ0) is 55.9. The maximum Gasteiger partial charge on any atom is 0.245 e. The number of benzene rings is 2. The first-order valence-corrected chi connectivity index (χ1v) is 25.3. The molecule has 26 heteroatoms. The molecule has 0 unspecified atom stereocenters. The summed E-state index contributed by atoms with van der Waals surface area (Å²) in [7, 11) is 0. The molecule has 0 aromatic heterocycles. The van der Waals surface area contributed by atoms with Gasteiger partial charge in [0.25, 0.3) is 0 Å². The van der Waals surface area contributed by atoms with Gasteiger partial charge in [-0.05, 0) is 68.4 Å². The second-order valence-corrected chi connectivity index (χ2v) is 19.2. The van der Waals surface area contributed by atoms with Crippen LogP contribution in [0.3, 0.4) is 0 Å². The number of primary amides is 2. The van der Waals surface area contributed by atoms with E-state index in [0.29, 0.717) is 17.5 Å². The Balaban J connectivity index is 1.61. The van der Waals surface area contributed by atoms with Gasteiger partial charge in [-0.3, -0.25) is 57.9 Å². The SMILES string of the molecule is CC(C)C[C@H](NC(=O)[C@H](Cc1ccccc1)NC(=O)[C@@H]1CCC(=O)N1)C(=O)N[C@@H](Cc1ccccc1)C(=O)N[C@@H](CCCN=C(N)N)C(=O)N1CCC[C@H]1C(=O)N[C@H](CCCN=C(N)N)C(=O)N[C@@H](CC(N)=O)C(N)=O. The van der Waals surface area contributed by atoms with Gasteiger partial charge in [-0.15, -0.1) is 0 Å². The summed E-state index contributed by atoms with van der Waals surface area (Å²) in [6.07, 6.45) is 0.669. The summed E-state index contributed by atoms with van der Waals surface area (Å²) in [5.41, 5.74) is 34.1. The van der Waals surface area contributed by atoms with Crippen molar-refractivity contribution in [2.24, 2.45) is 50.3 Å². The number of amides is 10. The van der Waals surface area contributed by atoms with Crippen LogP contribution in [0.1, 0.15) is 89.2 Å². The van der Waals surface area contributed by atoms with Crippen molar-refractivity contribution < 1.29 is 47.9 Å². The Kier molecular flexibility index (Phi) is 23.9. The molecule has 2 saturated heterocycles. The van der Waals surface area contributed by atoms with Crippen LogP contribution in [0.15, 0.2) is 70.6 Å². The van der Waals surface area contributed by atoms with E-state index in [1.807, 2.05) is 13.8 Å². The van der Waals surface area contributed by atoms with Crippen molar-refractivity contribution in [2.45, 2.75) is 139 Å². The number of carbonyl (C=O) groups is 10. The number of guanidine groups is 2. The van der Waals surface area contributed by atoms with Gasteiger partial charge < -0.3 is 76.5 Å². The average molecular weight is 1060 g/mol. The van der Waals surface area contributed by atoms with Crippen molar-refractivity contribution in [3.8, 4) is 0 Å². The Labute approximate surface area is 440 Å². The maximum absolute atomic E-state index is 14.7. The molecule has 0 saturated carbocycles. The molecule has 0 spiro atoms. The zero-order valence-electron chi connectivity index (χ0n) is 43.0. The molecule has 414 valence electrons. The van der Waals surface area contributed by atoms with Gasteiger partial charge in [0.2, 0.25) is 59.1 Å². The minimum absolute atomic E-state index is 0.0342. The lowest BCUT2D eigenvalue weighted by atomic mass is 9.99. The summed E-state index contributed by atoms with van der Waals surface area (Å²) in [4.78, 5) is 144. The molecule has 2 aliphatic rings. The summed E-state index contributed by atoms with van der Waals surface area (Å²) in [6.45, 7) is 3.88. The van der Waals surface area contributed by atoms with Crippen LogP contribution in [0.25, 0.3) is 0 Å². The molecule has 10 amide bonds. The lowest BCUT2D eigenvalue weighted by Crippen LogP contribution is -2.60. The number of nitrogens with zero attached hydrogens (tertiary/aromatic N) is 3. The van der Waals surface area contributed by atoms with Gasteiger partial charge in [0.1, 0.15) is 48.3 Å². The summed E-state index contributed by atoms with van der Waals surface area (Å²) in [5, 5.41) is 18.8. The Morgan fingerprint density at radius 1 is 0.605 bits per heavy atom. The van der Waals surface area contributed by atoms with Gasteiger partial charge in [-0.25, -0.2) is 0 Å². The first kappa shape index (κ1) is 60.2. The van der Waals surface area contributed by atoms with E-state index in [2.05, 4.69) is 47.2 Å². The molecule has 2 aromatic carbocycles. The Hall–Kier alpha value is -8.32. The lowest BCUT2D eigenvalue weighted by molar-refractivity contribution is -0.142. The maximum atomic E-state index is 14.7. The van der Waals surface area contributed by atoms with E-state index in [-0.39, 0.29) is 108 Å². The lowest BCUT2D eigenvalue weighted by Gasteiger charge is -2.31. The third-order valence-electron chi connectivity index (χ3n) is 12.5. The molecule has 4 rings (SSSR count). The Bertz CT molecular complexity index is 2420. The molecule has 19 N–H and O–H groups in total. The highest BCUT2D eigenvalue weighted by Gasteiger charge is 2.40. The second-order valence-electron chi connectivity index (χ2n) is 19.2. The minimum atomic E-state index is -1.49. The van der Waals surface area contributed by atoms with Crippen molar-refractivity contribution in [1.29, 1.82) is 0 Å². The first-order valence-electron chi connectivity index (χ1n) is 25.3. The molecule has 76 heavy (non-hydrogen) atoms. The van der Waals surface area contributed by atoms with E-state index in [1.165, 1.54) is 4.90 Å². The predicted molar refractivity (Wildman–Crippen MR) is 280 cm³/mol. The fourth-order valence-corrected chi connectivity index (χ4v) is 8.72. The van der Waals surface area contributed by atoms with Crippen LogP contribution in [-0.4, -0.2) is 144 Å². The largest absolute Gasteiger partial charge is 0.370 e. The number of likely N-dealkylation sites (tertiary alicyclic amines) is 1. The molecule has 2 aromatic rings. The molecule has 26 nitrogen and oxygen atoms in total. The molecule has 0 aliphatic carbocycles. The third kappa shape index (κ3) is 20.2. The smallest absolute Gasteiger partial charge is 0.245 e. The highest BCUT2D eigenvalue weighted by Crippen LogP contribution is 2.21. The fourth-order valence-electron chi connectivity index (χ4n) is 8.72. The van der Waals surface area contributed by atoms with E-state index < -0.39 is 108 Å². The molecule has 0 bridgehead atoms. The van der Waals surface area contributed by atoms with Gasteiger partial charge in [0.15, 0.2) is 11.9 Å². The molecule has 0 radical (unpaired) electrons. The third-order valence-corrected chi connectivity index (χ3v) is 12.5. The number of aliphatic imine (C=N–C) groups is 2. The standard InChI is InChI=1S/C50H74N16O10/c1-28(2)24-35(63-46(74)37(26-30-14-7-4-8-15-30)64-43(71)32-19-20-40(68)59-32)44(72)65-36(25-29-12-5-3-6-13-29)45(73)61-33(17-10-22-58-50(55)56)48(76)66-23-11-18-38(66)47(75)60-31(16-9-21-57-49(53)54)42(70)62-34(41(52)69)27-39(51)67/h3-8,12-15,28,31-38H,9-11,16-27H2,1-2H3,(H2,51,67)(H2,52,69)(H,59,68)(H,60,75)(H,61,73)(H,62,70)(H,63,74)(H,64,71)(H,65,72)(H4,53,54,57)(H4,55,56,58)/t31-,32+,33+,34+,35+,36+,37+,38+/m1/s1.